The molecular weight excluding hydrogens is 310 g/mol. The summed E-state index contributed by atoms with van der Waals surface area (Å²) in [7, 11) is 1.55. The van der Waals surface area contributed by atoms with Gasteiger partial charge in [0, 0.05) is 13.6 Å². The van der Waals surface area contributed by atoms with Crippen LogP contribution in [0.25, 0.3) is 0 Å². The molecule has 0 bridgehead atoms. The fourth-order valence-corrected chi connectivity index (χ4v) is 2.12. The van der Waals surface area contributed by atoms with Gasteiger partial charge in [-0.3, -0.25) is 4.79 Å². The lowest BCUT2D eigenvalue weighted by Gasteiger charge is -2.18. The first-order chi connectivity index (χ1) is 10.8. The van der Waals surface area contributed by atoms with E-state index in [0.29, 0.717) is 11.1 Å². The molecule has 2 nitrogen and oxygen atoms in total. The predicted octanol–water partition coefficient (Wildman–Crippen LogP) is 4.05. The van der Waals surface area contributed by atoms with Gasteiger partial charge < -0.3 is 4.90 Å². The minimum Gasteiger partial charge on any atom is -0.341 e. The van der Waals surface area contributed by atoms with Crippen LogP contribution >= 0.6 is 0 Å². The van der Waals surface area contributed by atoms with Crippen molar-refractivity contribution in [2.24, 2.45) is 0 Å². The molecule has 0 saturated carbocycles. The van der Waals surface area contributed by atoms with Crippen molar-refractivity contribution in [2.75, 3.05) is 7.05 Å². The van der Waals surface area contributed by atoms with Crippen LogP contribution in [0.5, 0.6) is 0 Å². The number of hydrogen-bond donors (Lipinski definition) is 0. The van der Waals surface area contributed by atoms with Gasteiger partial charge in [-0.15, -0.1) is 0 Å². The van der Waals surface area contributed by atoms with Gasteiger partial charge in [0.25, 0.3) is 0 Å². The second kappa shape index (κ2) is 6.81. The lowest BCUT2D eigenvalue weighted by Crippen LogP contribution is -2.27. The Balaban J connectivity index is 1.98. The maximum Gasteiger partial charge on any atom is 0.416 e. The number of likely N-dealkylation sites (N-methyl/N-ethyl adjacent to an activating group) is 1. The maximum atomic E-state index is 13.1. The Hall–Kier alpha value is -2.37. The third-order valence-electron chi connectivity index (χ3n) is 3.37. The third-order valence-corrected chi connectivity index (χ3v) is 3.37. The summed E-state index contributed by atoms with van der Waals surface area (Å²) >= 11 is 0. The summed E-state index contributed by atoms with van der Waals surface area (Å²) in [5.41, 5.74) is 0.414. The van der Waals surface area contributed by atoms with Crippen LogP contribution in [0, 0.1) is 5.82 Å². The second-order valence-electron chi connectivity index (χ2n) is 5.25. The first kappa shape index (κ1) is 17.0. The van der Waals surface area contributed by atoms with Crippen molar-refractivity contribution in [1.29, 1.82) is 0 Å². The van der Waals surface area contributed by atoms with Crippen molar-refractivity contribution in [3.8, 4) is 0 Å². The highest BCUT2D eigenvalue weighted by Crippen LogP contribution is 2.29. The molecule has 0 aliphatic carbocycles. The number of rotatable bonds is 4. The Labute approximate surface area is 131 Å². The Morgan fingerprint density at radius 1 is 1.04 bits per heavy atom. The molecule has 0 aromatic heterocycles. The van der Waals surface area contributed by atoms with Crippen molar-refractivity contribution in [2.45, 2.75) is 19.1 Å². The zero-order valence-electron chi connectivity index (χ0n) is 12.4. The lowest BCUT2D eigenvalue weighted by molar-refractivity contribution is -0.137. The third kappa shape index (κ3) is 4.81. The Bertz CT molecular complexity index is 680. The topological polar surface area (TPSA) is 20.3 Å². The molecule has 2 aromatic rings. The molecule has 0 fully saturated rings. The molecule has 6 heteroatoms. The number of nitrogens with zero attached hydrogens (tertiary/aromatic N) is 1. The van der Waals surface area contributed by atoms with Crippen LogP contribution < -0.4 is 0 Å². The highest BCUT2D eigenvalue weighted by atomic mass is 19.4. The molecule has 1 amide bonds. The van der Waals surface area contributed by atoms with Crippen LogP contribution in [-0.2, 0) is 23.9 Å². The quantitative estimate of drug-likeness (QED) is 0.777. The molecule has 0 unspecified atom stereocenters. The van der Waals surface area contributed by atoms with E-state index in [1.54, 1.807) is 13.1 Å². The summed E-state index contributed by atoms with van der Waals surface area (Å²) < 4.78 is 50.6. The van der Waals surface area contributed by atoms with Crippen molar-refractivity contribution in [3.05, 3.63) is 71.0 Å². The van der Waals surface area contributed by atoms with Gasteiger partial charge in [0.15, 0.2) is 0 Å². The Kier molecular flexibility index (Phi) is 5.03. The van der Waals surface area contributed by atoms with Gasteiger partial charge >= 0.3 is 6.18 Å². The molecule has 0 aliphatic heterocycles. The van der Waals surface area contributed by atoms with E-state index in [0.717, 1.165) is 12.1 Å². The number of alkyl halides is 3. The van der Waals surface area contributed by atoms with Crippen molar-refractivity contribution < 1.29 is 22.4 Å². The number of benzene rings is 2. The summed E-state index contributed by atoms with van der Waals surface area (Å²) in [4.78, 5) is 13.5. The van der Waals surface area contributed by atoms with Gasteiger partial charge in [-0.25, -0.2) is 4.39 Å². The van der Waals surface area contributed by atoms with Crippen LogP contribution in [0.2, 0.25) is 0 Å². The van der Waals surface area contributed by atoms with Crippen molar-refractivity contribution in [1.82, 2.24) is 4.90 Å². The summed E-state index contributed by atoms with van der Waals surface area (Å²) in [6.45, 7) is 0.187. The molecule has 2 aromatic carbocycles. The van der Waals surface area contributed by atoms with Gasteiger partial charge in [-0.2, -0.15) is 13.2 Å². The molecule has 0 spiro atoms. The fourth-order valence-electron chi connectivity index (χ4n) is 2.12. The van der Waals surface area contributed by atoms with Gasteiger partial charge in [0.05, 0.1) is 12.0 Å². The van der Waals surface area contributed by atoms with Crippen LogP contribution in [0.1, 0.15) is 16.7 Å². The van der Waals surface area contributed by atoms with Gasteiger partial charge in [-0.05, 0) is 35.4 Å². The highest BCUT2D eigenvalue weighted by Gasteiger charge is 2.29. The number of carbonyl (C=O) groups is 1. The first-order valence-electron chi connectivity index (χ1n) is 6.90. The van der Waals surface area contributed by atoms with Crippen LogP contribution in [0.4, 0.5) is 17.6 Å². The van der Waals surface area contributed by atoms with Gasteiger partial charge in [0.1, 0.15) is 5.82 Å². The van der Waals surface area contributed by atoms with E-state index in [9.17, 15) is 22.4 Å². The first-order valence-corrected chi connectivity index (χ1v) is 6.90. The van der Waals surface area contributed by atoms with E-state index in [2.05, 4.69) is 0 Å². The monoisotopic (exact) mass is 325 g/mol. The van der Waals surface area contributed by atoms with Crippen molar-refractivity contribution >= 4 is 5.91 Å². The van der Waals surface area contributed by atoms with E-state index in [-0.39, 0.29) is 18.9 Å². The van der Waals surface area contributed by atoms with Crippen LogP contribution in [0.3, 0.4) is 0 Å². The largest absolute Gasteiger partial charge is 0.416 e. The molecule has 0 heterocycles. The number of carbonyl (C=O) groups excluding carboxylic acids is 1. The lowest BCUT2D eigenvalue weighted by atomic mass is 10.1. The Morgan fingerprint density at radius 2 is 1.70 bits per heavy atom. The van der Waals surface area contributed by atoms with E-state index in [1.165, 1.54) is 35.2 Å². The molecule has 23 heavy (non-hydrogen) atoms. The number of halogens is 4. The fraction of sp³-hybridized carbons (Fsp3) is 0.235. The zero-order chi connectivity index (χ0) is 17.0. The van der Waals surface area contributed by atoms with E-state index in [4.69, 9.17) is 0 Å². The predicted molar refractivity (Wildman–Crippen MR) is 78.0 cm³/mol. The number of hydrogen-bond acceptors (Lipinski definition) is 1. The number of amides is 1. The molecule has 2 rings (SSSR count). The molecular formula is C17H15F4NO. The van der Waals surface area contributed by atoms with Crippen LogP contribution in [-0.4, -0.2) is 17.9 Å². The Morgan fingerprint density at radius 3 is 2.26 bits per heavy atom. The smallest absolute Gasteiger partial charge is 0.341 e. The summed E-state index contributed by atoms with van der Waals surface area (Å²) in [5.74, 6) is -0.656. The average Bonchev–Trinajstić information content (AvgIpc) is 2.46. The molecule has 0 atom stereocenters. The maximum absolute atomic E-state index is 13.1. The van der Waals surface area contributed by atoms with E-state index < -0.39 is 17.6 Å². The normalized spacial score (nSPS) is 11.3. The molecule has 0 N–H and O–H groups in total. The van der Waals surface area contributed by atoms with Crippen LogP contribution in [0.15, 0.2) is 48.5 Å². The molecule has 0 aliphatic rings. The SMILES string of the molecule is CN(Cc1ccc(C(F)(F)F)cc1)C(=O)Cc1cccc(F)c1. The molecule has 0 saturated heterocycles. The minimum atomic E-state index is -4.38. The van der Waals surface area contributed by atoms with E-state index >= 15 is 0 Å². The zero-order valence-corrected chi connectivity index (χ0v) is 12.4. The molecule has 0 radical (unpaired) electrons. The summed E-state index contributed by atoms with van der Waals surface area (Å²) in [6, 6.07) is 10.4. The average molecular weight is 325 g/mol. The van der Waals surface area contributed by atoms with Gasteiger partial charge in [-0.1, -0.05) is 24.3 Å². The standard InChI is InChI=1S/C17H15F4NO/c1-22(16(23)10-13-3-2-4-15(18)9-13)11-12-5-7-14(8-6-12)17(19,20)21/h2-9H,10-11H2,1H3. The summed E-state index contributed by atoms with van der Waals surface area (Å²) in [6.07, 6.45) is -4.34. The minimum absolute atomic E-state index is 0.0366. The van der Waals surface area contributed by atoms with Gasteiger partial charge in [0.2, 0.25) is 5.91 Å². The second-order valence-corrected chi connectivity index (χ2v) is 5.25. The highest BCUT2D eigenvalue weighted by molar-refractivity contribution is 5.78. The molecule has 122 valence electrons. The van der Waals surface area contributed by atoms with Crippen molar-refractivity contribution in [3.63, 3.8) is 0 Å². The summed E-state index contributed by atoms with van der Waals surface area (Å²) in [5, 5.41) is 0. The van der Waals surface area contributed by atoms with E-state index in [1.807, 2.05) is 0 Å².